The van der Waals surface area contributed by atoms with E-state index in [9.17, 15) is 13.2 Å². The van der Waals surface area contributed by atoms with Gasteiger partial charge in [-0.25, -0.2) is 9.71 Å². The van der Waals surface area contributed by atoms with Crippen LogP contribution < -0.4 is 4.72 Å². The molecule has 0 saturated carbocycles. The molecule has 1 N–H and O–H groups in total. The number of nitrogens with zero attached hydrogens (tertiary/aromatic N) is 3. The molecule has 3 rings (SSSR count). The van der Waals surface area contributed by atoms with E-state index in [1.807, 2.05) is 4.72 Å². The highest BCUT2D eigenvalue weighted by molar-refractivity contribution is 9.10. The first kappa shape index (κ1) is 17.6. The molecule has 0 radical (unpaired) electrons. The number of amides is 1. The predicted molar refractivity (Wildman–Crippen MR) is 91.6 cm³/mol. The molecule has 130 valence electrons. The van der Waals surface area contributed by atoms with Crippen LogP contribution in [-0.4, -0.2) is 29.1 Å². The summed E-state index contributed by atoms with van der Waals surface area (Å²) in [7, 11) is -4.12. The topological polar surface area (TPSA) is 107 Å². The van der Waals surface area contributed by atoms with Crippen molar-refractivity contribution in [1.82, 2.24) is 19.5 Å². The molecule has 8 nitrogen and oxygen atoms in total. The summed E-state index contributed by atoms with van der Waals surface area (Å²) in [5, 5.41) is 4.03. The van der Waals surface area contributed by atoms with Crippen LogP contribution in [-0.2, 0) is 16.6 Å². The lowest BCUT2D eigenvalue weighted by molar-refractivity contribution is 0.0952. The van der Waals surface area contributed by atoms with Crippen molar-refractivity contribution < 1.29 is 17.6 Å². The molecule has 0 spiro atoms. The summed E-state index contributed by atoms with van der Waals surface area (Å²) in [6, 6.07) is 5.51. The minimum absolute atomic E-state index is 0.140. The first-order valence-corrected chi connectivity index (χ1v) is 9.44. The van der Waals surface area contributed by atoms with Crippen molar-refractivity contribution in [2.24, 2.45) is 0 Å². The Kier molecular flexibility index (Phi) is 4.93. The van der Waals surface area contributed by atoms with Gasteiger partial charge in [-0.1, -0.05) is 11.6 Å². The van der Waals surface area contributed by atoms with Crippen LogP contribution in [0, 0.1) is 0 Å². The predicted octanol–water partition coefficient (Wildman–Crippen LogP) is 2.45. The molecule has 0 bridgehead atoms. The molecular formula is C14H10BrClN4O4S. The van der Waals surface area contributed by atoms with E-state index in [-0.39, 0.29) is 15.8 Å². The Morgan fingerprint density at radius 3 is 2.72 bits per heavy atom. The molecule has 3 aromatic rings. The monoisotopic (exact) mass is 444 g/mol. The van der Waals surface area contributed by atoms with E-state index >= 15 is 0 Å². The van der Waals surface area contributed by atoms with Crippen LogP contribution in [0.5, 0.6) is 0 Å². The lowest BCUT2D eigenvalue weighted by atomic mass is 10.4. The molecule has 0 saturated heterocycles. The normalized spacial score (nSPS) is 11.4. The quantitative estimate of drug-likeness (QED) is 0.646. The second-order valence-corrected chi connectivity index (χ2v) is 7.85. The van der Waals surface area contributed by atoms with E-state index in [0.29, 0.717) is 12.3 Å². The summed E-state index contributed by atoms with van der Waals surface area (Å²) in [6.07, 6.45) is 4.52. The summed E-state index contributed by atoms with van der Waals surface area (Å²) in [6.45, 7) is 0.296. The van der Waals surface area contributed by atoms with Gasteiger partial charge in [0, 0.05) is 12.4 Å². The van der Waals surface area contributed by atoms with Crippen molar-refractivity contribution >= 4 is 43.5 Å². The van der Waals surface area contributed by atoms with Crippen LogP contribution in [0.25, 0.3) is 0 Å². The second-order valence-electron chi connectivity index (χ2n) is 4.87. The van der Waals surface area contributed by atoms with E-state index in [1.165, 1.54) is 24.4 Å². The second kappa shape index (κ2) is 6.98. The number of carbonyl (C=O) groups excluding carboxylic acids is 1. The Morgan fingerprint density at radius 1 is 1.28 bits per heavy atom. The Hall–Kier alpha value is -2.17. The zero-order valence-electron chi connectivity index (χ0n) is 12.4. The molecule has 0 aliphatic heterocycles. The molecule has 11 heteroatoms. The molecule has 3 aromatic heterocycles. The smallest absolute Gasteiger partial charge is 0.300 e. The molecule has 3 heterocycles. The average molecular weight is 446 g/mol. The number of nitrogens with one attached hydrogen (secondary N) is 1. The third-order valence-corrected chi connectivity index (χ3v) is 4.89. The maximum absolute atomic E-state index is 12.1. The van der Waals surface area contributed by atoms with Crippen molar-refractivity contribution in [3.05, 3.63) is 63.9 Å². The zero-order valence-corrected chi connectivity index (χ0v) is 15.5. The third kappa shape index (κ3) is 4.27. The minimum atomic E-state index is -4.12. The third-order valence-electron chi connectivity index (χ3n) is 3.01. The molecule has 0 aliphatic carbocycles. The highest BCUT2D eigenvalue weighted by Gasteiger charge is 2.22. The highest BCUT2D eigenvalue weighted by atomic mass is 79.9. The van der Waals surface area contributed by atoms with Gasteiger partial charge in [0.15, 0.2) is 10.8 Å². The Labute approximate surface area is 156 Å². The van der Waals surface area contributed by atoms with E-state index in [2.05, 4.69) is 26.0 Å². The molecular weight excluding hydrogens is 436 g/mol. The van der Waals surface area contributed by atoms with Crippen molar-refractivity contribution in [3.63, 3.8) is 0 Å². The lowest BCUT2D eigenvalue weighted by Crippen LogP contribution is -2.30. The van der Waals surface area contributed by atoms with Gasteiger partial charge in [0.05, 0.1) is 22.2 Å². The van der Waals surface area contributed by atoms with Gasteiger partial charge in [-0.15, -0.1) is 0 Å². The molecule has 0 atom stereocenters. The van der Waals surface area contributed by atoms with Gasteiger partial charge < -0.3 is 4.42 Å². The van der Waals surface area contributed by atoms with Gasteiger partial charge >= 0.3 is 5.91 Å². The number of hydrogen-bond acceptors (Lipinski definition) is 6. The van der Waals surface area contributed by atoms with Crippen molar-refractivity contribution in [3.8, 4) is 0 Å². The summed E-state index contributed by atoms with van der Waals surface area (Å²) in [4.78, 5) is 15.8. The molecule has 0 aromatic carbocycles. The van der Waals surface area contributed by atoms with Crippen molar-refractivity contribution in [1.29, 1.82) is 0 Å². The van der Waals surface area contributed by atoms with Crippen LogP contribution in [0.2, 0.25) is 5.02 Å². The fourth-order valence-corrected chi connectivity index (χ4v) is 3.24. The molecule has 0 aliphatic rings. The summed E-state index contributed by atoms with van der Waals surface area (Å²) in [5.74, 6) is -0.592. The zero-order chi connectivity index (χ0) is 18.0. The Bertz CT molecular complexity index is 1010. The van der Waals surface area contributed by atoms with Crippen molar-refractivity contribution in [2.45, 2.75) is 11.6 Å². The number of halogens is 2. The van der Waals surface area contributed by atoms with Crippen molar-refractivity contribution in [2.75, 3.05) is 0 Å². The number of carbonyl (C=O) groups is 1. The van der Waals surface area contributed by atoms with Gasteiger partial charge in [-0.2, -0.15) is 13.5 Å². The van der Waals surface area contributed by atoms with Gasteiger partial charge in [0.2, 0.25) is 0 Å². The largest absolute Gasteiger partial charge is 0.454 e. The number of pyridine rings is 1. The molecule has 25 heavy (non-hydrogen) atoms. The van der Waals surface area contributed by atoms with E-state index in [1.54, 1.807) is 23.1 Å². The lowest BCUT2D eigenvalue weighted by Gasteiger charge is -2.04. The van der Waals surface area contributed by atoms with Gasteiger partial charge in [-0.05, 0) is 40.2 Å². The van der Waals surface area contributed by atoms with Crippen LogP contribution in [0.3, 0.4) is 0 Å². The number of hydrogen-bond donors (Lipinski definition) is 1. The Morgan fingerprint density at radius 2 is 2.08 bits per heavy atom. The minimum Gasteiger partial charge on any atom is -0.454 e. The van der Waals surface area contributed by atoms with E-state index in [0.717, 1.165) is 4.47 Å². The number of aromatic nitrogens is 3. The fourth-order valence-electron chi connectivity index (χ4n) is 1.92. The molecule has 1 amide bonds. The maximum Gasteiger partial charge on any atom is 0.300 e. The van der Waals surface area contributed by atoms with E-state index < -0.39 is 15.9 Å². The highest BCUT2D eigenvalue weighted by Crippen LogP contribution is 2.14. The number of sulfonamides is 1. The van der Waals surface area contributed by atoms with Gasteiger partial charge in [-0.3, -0.25) is 9.48 Å². The van der Waals surface area contributed by atoms with E-state index in [4.69, 9.17) is 16.0 Å². The average Bonchev–Trinajstić information content (AvgIpc) is 3.17. The molecule has 0 unspecified atom stereocenters. The standard InChI is InChI=1S/C14H10BrClN4O4S/c15-9-5-18-20(7-9)8-11-2-3-12(24-11)14(21)19-25(22,23)13-4-1-10(16)6-17-13/h1-7H,8H2,(H,19,21). The summed E-state index contributed by atoms with van der Waals surface area (Å²) < 4.78 is 33.9. The molecule has 0 fully saturated rings. The van der Waals surface area contributed by atoms with Crippen LogP contribution in [0.15, 0.2) is 56.8 Å². The van der Waals surface area contributed by atoms with Crippen LogP contribution >= 0.6 is 27.5 Å². The fraction of sp³-hybridized carbons (Fsp3) is 0.0714. The number of furan rings is 1. The Balaban J connectivity index is 1.72. The summed E-state index contributed by atoms with van der Waals surface area (Å²) >= 11 is 8.94. The SMILES string of the molecule is O=C(NS(=O)(=O)c1ccc(Cl)cn1)c1ccc(Cn2cc(Br)cn2)o1. The van der Waals surface area contributed by atoms with Gasteiger partial charge in [0.1, 0.15) is 5.76 Å². The maximum atomic E-state index is 12.1. The van der Waals surface area contributed by atoms with Gasteiger partial charge in [0.25, 0.3) is 10.0 Å². The first-order chi connectivity index (χ1) is 11.8. The first-order valence-electron chi connectivity index (χ1n) is 6.79. The van der Waals surface area contributed by atoms with Crippen LogP contribution in [0.1, 0.15) is 16.3 Å². The van der Waals surface area contributed by atoms with Crippen LogP contribution in [0.4, 0.5) is 0 Å². The number of rotatable bonds is 5. The summed E-state index contributed by atoms with van der Waals surface area (Å²) in [5.41, 5.74) is 0.